The molecule has 8 rings (SSSR count). The van der Waals surface area contributed by atoms with Crippen LogP contribution in [0.4, 0.5) is 0 Å². The molecule has 0 unspecified atom stereocenters. The van der Waals surface area contributed by atoms with Gasteiger partial charge in [-0.1, -0.05) is 125 Å². The van der Waals surface area contributed by atoms with Gasteiger partial charge in [-0.25, -0.2) is 0 Å². The molecule has 51 heavy (non-hydrogen) atoms. The summed E-state index contributed by atoms with van der Waals surface area (Å²) in [7, 11) is -2.54. The maximum atomic E-state index is 9.40. The number of aliphatic hydroxyl groups excluding tert-OH is 1. The lowest BCUT2D eigenvalue weighted by Gasteiger charge is -2.53. The molecule has 2 aliphatic carbocycles. The highest BCUT2D eigenvalue weighted by atomic mass is 28.4. The van der Waals surface area contributed by atoms with Gasteiger partial charge in [-0.3, -0.25) is 0 Å². The summed E-state index contributed by atoms with van der Waals surface area (Å²) in [5.74, 6) is -0.520. The van der Waals surface area contributed by atoms with E-state index in [1.807, 2.05) is 27.7 Å². The highest BCUT2D eigenvalue weighted by molar-refractivity contribution is 6.99. The Bertz CT molecular complexity index is 1370. The second-order valence-electron chi connectivity index (χ2n) is 16.8. The van der Waals surface area contributed by atoms with Gasteiger partial charge in [0.1, 0.15) is 12.2 Å². The van der Waals surface area contributed by atoms with Crippen molar-refractivity contribution >= 4 is 18.7 Å². The molecule has 6 fully saturated rings. The van der Waals surface area contributed by atoms with Crippen molar-refractivity contribution in [3.63, 3.8) is 0 Å². The Balaban J connectivity index is 0.000000314. The third-order valence-corrected chi connectivity index (χ3v) is 16.7. The van der Waals surface area contributed by atoms with Crippen LogP contribution in [0.2, 0.25) is 5.04 Å². The normalized spacial score (nSPS) is 37.9. The van der Waals surface area contributed by atoms with Crippen molar-refractivity contribution in [1.82, 2.24) is 0 Å². The minimum absolute atomic E-state index is 0. The summed E-state index contributed by atoms with van der Waals surface area (Å²) < 4.78 is 43.4. The van der Waals surface area contributed by atoms with E-state index in [9.17, 15) is 5.11 Å². The summed E-state index contributed by atoms with van der Waals surface area (Å²) in [6, 6.07) is 21.7. The lowest BCUT2D eigenvalue weighted by atomic mass is 9.69. The van der Waals surface area contributed by atoms with Crippen LogP contribution in [0.15, 0.2) is 60.7 Å². The summed E-state index contributed by atoms with van der Waals surface area (Å²) in [6.45, 7) is 19.1. The summed E-state index contributed by atoms with van der Waals surface area (Å²) in [5.41, 5.74) is -0.396. The van der Waals surface area contributed by atoms with Gasteiger partial charge < -0.3 is 38.0 Å². The second-order valence-corrected chi connectivity index (χ2v) is 21.0. The molecule has 2 aromatic carbocycles. The molecule has 2 aromatic rings. The molecule has 0 amide bonds. The highest BCUT2D eigenvalue weighted by Crippen LogP contribution is 2.56. The Labute approximate surface area is 311 Å². The zero-order valence-electron chi connectivity index (χ0n) is 29.5. The number of ether oxygens (including phenoxy) is 6. The molecule has 1 N–H and O–H groups in total. The van der Waals surface area contributed by atoms with E-state index in [1.54, 1.807) is 0 Å². The van der Waals surface area contributed by atoms with Gasteiger partial charge in [0.2, 0.25) is 0 Å². The van der Waals surface area contributed by atoms with Crippen molar-refractivity contribution in [1.29, 1.82) is 0 Å². The molecule has 0 bridgehead atoms. The van der Waals surface area contributed by atoms with Crippen molar-refractivity contribution in [3.05, 3.63) is 60.7 Å². The number of hydrogen-bond donors (Lipinski definition) is 1. The van der Waals surface area contributed by atoms with E-state index < -0.39 is 19.9 Å². The second kappa shape index (κ2) is 14.9. The molecule has 4 heterocycles. The molecular formula is C42H70O8Si. The quantitative estimate of drug-likeness (QED) is 0.316. The maximum absolute atomic E-state index is 9.40. The minimum Gasteiger partial charge on any atom is -0.404 e. The maximum Gasteiger partial charge on any atom is 0.261 e. The summed E-state index contributed by atoms with van der Waals surface area (Å²) in [4.78, 5) is 0. The number of aliphatic hydroxyl groups is 1. The first-order valence-corrected chi connectivity index (χ1v) is 19.4. The first-order valence-electron chi connectivity index (χ1n) is 17.5. The molecule has 4 aliphatic heterocycles. The van der Waals surface area contributed by atoms with Crippen LogP contribution in [-0.4, -0.2) is 73.2 Å². The molecule has 9 heteroatoms. The van der Waals surface area contributed by atoms with Gasteiger partial charge in [0.15, 0.2) is 24.2 Å². The van der Waals surface area contributed by atoms with Crippen LogP contribution in [0, 0.1) is 11.8 Å². The first-order chi connectivity index (χ1) is 22.0. The predicted molar refractivity (Wildman–Crippen MR) is 208 cm³/mol. The average molecular weight is 731 g/mol. The molecule has 4 saturated heterocycles. The number of hydrogen-bond acceptors (Lipinski definition) is 8. The lowest BCUT2D eigenvalue weighted by Crippen LogP contribution is -2.70. The molecule has 290 valence electrons. The van der Waals surface area contributed by atoms with Crippen LogP contribution in [-0.2, 0) is 32.8 Å². The molecule has 0 radical (unpaired) electrons. The number of benzene rings is 2. The molecule has 2 spiro atoms. The SMILES string of the molecule is C.C.C.C.C[C@@H]1[C@H]2OC(C)(C)O[C@H]2OC12CC(O)C2.C[C@@H]1[C@H]2OC(C)(C)O[C@H]2OC12CC(O[Si](c1ccccc1)(c1ccccc1)C(C)(C)C)C2. The van der Waals surface area contributed by atoms with Gasteiger partial charge in [-0.05, 0) is 43.1 Å². The zero-order valence-corrected chi connectivity index (χ0v) is 30.5. The Kier molecular flexibility index (Phi) is 12.8. The van der Waals surface area contributed by atoms with E-state index in [0.29, 0.717) is 18.8 Å². The smallest absolute Gasteiger partial charge is 0.261 e. The third kappa shape index (κ3) is 7.41. The number of rotatable bonds is 4. The van der Waals surface area contributed by atoms with Crippen LogP contribution >= 0.6 is 0 Å². The Morgan fingerprint density at radius 1 is 0.608 bits per heavy atom. The van der Waals surface area contributed by atoms with Crippen molar-refractivity contribution < 1.29 is 38.0 Å². The van der Waals surface area contributed by atoms with Gasteiger partial charge in [0.25, 0.3) is 8.32 Å². The number of fused-ring (bicyclic) bond motifs is 2. The molecule has 0 aromatic heterocycles. The van der Waals surface area contributed by atoms with Gasteiger partial charge in [0, 0.05) is 37.5 Å². The van der Waals surface area contributed by atoms with E-state index >= 15 is 0 Å². The van der Waals surface area contributed by atoms with E-state index in [1.165, 1.54) is 10.4 Å². The minimum atomic E-state index is -2.54. The summed E-state index contributed by atoms with van der Waals surface area (Å²) in [5, 5.41) is 12.0. The summed E-state index contributed by atoms with van der Waals surface area (Å²) >= 11 is 0. The van der Waals surface area contributed by atoms with Crippen LogP contribution in [0.3, 0.4) is 0 Å². The standard InChI is InChI=1S/C27H36O4Si.C11H18O4.4CH4/c1-19-23-24(29-26(5,6)28-23)30-27(19)17-20(18-27)31-32(25(2,3)4,21-13-9-7-10-14-21)22-15-11-8-12-16-22;1-6-8-9(14-10(2,3)13-8)15-11(6)4-7(12)5-11;;;;/h7-16,19-20,23-24H,17-18H2,1-6H3;6-9,12H,4-5H2,1-3H3;4*1H4/t19-,20?,23-,24+,27?;6-,7?,8-,9+,11?;;;;/m11..../s1. The molecule has 2 saturated carbocycles. The van der Waals surface area contributed by atoms with Crippen LogP contribution in [0.5, 0.6) is 0 Å². The Morgan fingerprint density at radius 3 is 1.31 bits per heavy atom. The zero-order chi connectivity index (χ0) is 33.6. The fraction of sp³-hybridized carbons (Fsp3) is 0.714. The topological polar surface area (TPSA) is 84.8 Å². The van der Waals surface area contributed by atoms with Gasteiger partial charge in [0.05, 0.1) is 23.4 Å². The first kappa shape index (κ1) is 43.7. The van der Waals surface area contributed by atoms with E-state index in [0.717, 1.165) is 12.8 Å². The van der Waals surface area contributed by atoms with Gasteiger partial charge in [-0.15, -0.1) is 0 Å². The molecule has 6 aliphatic rings. The third-order valence-electron chi connectivity index (χ3n) is 11.6. The van der Waals surface area contributed by atoms with E-state index in [-0.39, 0.29) is 88.9 Å². The molecular weight excluding hydrogens is 661 g/mol. The molecule has 8 nitrogen and oxygen atoms in total. The van der Waals surface area contributed by atoms with Crippen molar-refractivity contribution in [2.24, 2.45) is 11.8 Å². The van der Waals surface area contributed by atoms with Crippen LogP contribution < -0.4 is 10.4 Å². The van der Waals surface area contributed by atoms with Gasteiger partial charge in [-0.2, -0.15) is 0 Å². The van der Waals surface area contributed by atoms with Gasteiger partial charge >= 0.3 is 0 Å². The fourth-order valence-corrected chi connectivity index (χ4v) is 13.7. The van der Waals surface area contributed by atoms with Crippen molar-refractivity contribution in [2.45, 2.75) is 183 Å². The highest BCUT2D eigenvalue weighted by Gasteiger charge is 2.66. The Hall–Kier alpha value is -1.66. The molecule has 6 atom stereocenters. The van der Waals surface area contributed by atoms with Crippen LogP contribution in [0.25, 0.3) is 0 Å². The summed E-state index contributed by atoms with van der Waals surface area (Å²) in [6.07, 6.45) is 2.66. The van der Waals surface area contributed by atoms with Crippen molar-refractivity contribution in [3.8, 4) is 0 Å². The fourth-order valence-electron chi connectivity index (χ4n) is 9.06. The largest absolute Gasteiger partial charge is 0.404 e. The van der Waals surface area contributed by atoms with Crippen molar-refractivity contribution in [2.75, 3.05) is 0 Å². The van der Waals surface area contributed by atoms with E-state index in [4.69, 9.17) is 32.8 Å². The van der Waals surface area contributed by atoms with Crippen LogP contribution in [0.1, 0.15) is 118 Å². The van der Waals surface area contributed by atoms with E-state index in [2.05, 4.69) is 95.3 Å². The average Bonchev–Trinajstić information content (AvgIpc) is 3.61. The lowest BCUT2D eigenvalue weighted by molar-refractivity contribution is -0.260. The monoisotopic (exact) mass is 730 g/mol. The Morgan fingerprint density at radius 2 is 0.980 bits per heavy atom. The predicted octanol–water partition coefficient (Wildman–Crippen LogP) is 8.18.